The molecule has 0 atom stereocenters. The quantitative estimate of drug-likeness (QED) is 0.372. The van der Waals surface area contributed by atoms with Crippen LogP contribution in [-0.4, -0.2) is 45.5 Å². The summed E-state index contributed by atoms with van der Waals surface area (Å²) in [6.45, 7) is 9.54. The molecule has 0 bridgehead atoms. The van der Waals surface area contributed by atoms with Crippen molar-refractivity contribution in [2.75, 3.05) is 39.5 Å². The van der Waals surface area contributed by atoms with Crippen LogP contribution < -0.4 is 20.1 Å². The van der Waals surface area contributed by atoms with Gasteiger partial charge in [-0.25, -0.2) is 4.99 Å². The lowest BCUT2D eigenvalue weighted by molar-refractivity contribution is 0.105. The minimum atomic E-state index is 0.326. The Kier molecular flexibility index (Phi) is 8.47. The molecular weight excluding hydrogens is 366 g/mol. The first-order chi connectivity index (χ1) is 14.3. The number of ether oxygens (including phenoxy) is 3. The molecule has 0 saturated heterocycles. The largest absolute Gasteiger partial charge is 0.490 e. The summed E-state index contributed by atoms with van der Waals surface area (Å²) >= 11 is 0. The molecule has 0 unspecified atom stereocenters. The van der Waals surface area contributed by atoms with E-state index in [0.717, 1.165) is 62.2 Å². The van der Waals surface area contributed by atoms with Gasteiger partial charge in [0.1, 0.15) is 0 Å². The van der Waals surface area contributed by atoms with E-state index in [0.29, 0.717) is 25.2 Å². The lowest BCUT2D eigenvalue weighted by Crippen LogP contribution is -2.43. The van der Waals surface area contributed by atoms with Crippen LogP contribution in [0.15, 0.2) is 23.2 Å². The van der Waals surface area contributed by atoms with E-state index in [1.54, 1.807) is 0 Å². The predicted octanol–water partition coefficient (Wildman–Crippen LogP) is 3.89. The third kappa shape index (κ3) is 6.26. The molecular formula is C23H37N3O3. The molecule has 1 fully saturated rings. The van der Waals surface area contributed by atoms with Crippen molar-refractivity contribution in [3.8, 4) is 11.5 Å². The average molecular weight is 404 g/mol. The number of aliphatic imine (C=N–C) groups is 1. The van der Waals surface area contributed by atoms with Gasteiger partial charge in [-0.15, -0.1) is 0 Å². The molecule has 1 aromatic rings. The van der Waals surface area contributed by atoms with E-state index in [1.807, 2.05) is 12.1 Å². The topological polar surface area (TPSA) is 64.1 Å². The molecule has 162 valence electrons. The minimum absolute atomic E-state index is 0.326. The molecule has 0 aromatic heterocycles. The van der Waals surface area contributed by atoms with Gasteiger partial charge in [0.2, 0.25) is 0 Å². The van der Waals surface area contributed by atoms with Crippen LogP contribution in [0.4, 0.5) is 0 Å². The first-order valence-electron chi connectivity index (χ1n) is 11.2. The Labute approximate surface area is 175 Å². The van der Waals surface area contributed by atoms with Gasteiger partial charge < -0.3 is 24.8 Å². The van der Waals surface area contributed by atoms with Gasteiger partial charge in [0, 0.05) is 38.3 Å². The Hall–Kier alpha value is -1.95. The second-order valence-electron chi connectivity index (χ2n) is 8.00. The third-order valence-electron chi connectivity index (χ3n) is 5.88. The molecule has 3 rings (SSSR count). The Morgan fingerprint density at radius 1 is 1.10 bits per heavy atom. The van der Waals surface area contributed by atoms with Crippen LogP contribution in [0.5, 0.6) is 11.5 Å². The van der Waals surface area contributed by atoms with Gasteiger partial charge in [0.05, 0.1) is 19.8 Å². The van der Waals surface area contributed by atoms with E-state index >= 15 is 0 Å². The first kappa shape index (κ1) is 21.8. The molecule has 1 saturated carbocycles. The summed E-state index contributed by atoms with van der Waals surface area (Å²) in [7, 11) is 0. The molecule has 1 heterocycles. The van der Waals surface area contributed by atoms with Crippen LogP contribution in [-0.2, 0) is 11.3 Å². The van der Waals surface area contributed by atoms with Crippen molar-refractivity contribution >= 4 is 5.96 Å². The molecule has 29 heavy (non-hydrogen) atoms. The first-order valence-corrected chi connectivity index (χ1v) is 11.2. The fraction of sp³-hybridized carbons (Fsp3) is 0.696. The highest BCUT2D eigenvalue weighted by Crippen LogP contribution is 2.40. The van der Waals surface area contributed by atoms with Crippen molar-refractivity contribution in [1.82, 2.24) is 10.6 Å². The highest BCUT2D eigenvalue weighted by atomic mass is 16.5. The summed E-state index contributed by atoms with van der Waals surface area (Å²) in [6.07, 6.45) is 7.19. The molecule has 1 aromatic carbocycles. The van der Waals surface area contributed by atoms with E-state index in [1.165, 1.54) is 25.7 Å². The van der Waals surface area contributed by atoms with Crippen molar-refractivity contribution < 1.29 is 14.2 Å². The molecule has 6 nitrogen and oxygen atoms in total. The molecule has 0 amide bonds. The Morgan fingerprint density at radius 2 is 1.93 bits per heavy atom. The lowest BCUT2D eigenvalue weighted by Gasteiger charge is -2.30. The number of rotatable bonds is 9. The minimum Gasteiger partial charge on any atom is -0.490 e. The van der Waals surface area contributed by atoms with E-state index in [4.69, 9.17) is 19.2 Å². The van der Waals surface area contributed by atoms with Gasteiger partial charge in [0.25, 0.3) is 0 Å². The van der Waals surface area contributed by atoms with Crippen LogP contribution >= 0.6 is 0 Å². The number of nitrogens with one attached hydrogen (secondary N) is 2. The molecule has 2 N–H and O–H groups in total. The average Bonchev–Trinajstić information content (AvgIpc) is 3.06. The van der Waals surface area contributed by atoms with Crippen LogP contribution in [0.2, 0.25) is 0 Å². The number of benzene rings is 1. The van der Waals surface area contributed by atoms with Crippen molar-refractivity contribution in [2.24, 2.45) is 10.4 Å². The maximum atomic E-state index is 5.94. The monoisotopic (exact) mass is 403 g/mol. The van der Waals surface area contributed by atoms with Gasteiger partial charge in [-0.05, 0) is 44.6 Å². The maximum Gasteiger partial charge on any atom is 0.191 e. The number of hydrogen-bond donors (Lipinski definition) is 2. The molecule has 6 heteroatoms. The zero-order valence-electron chi connectivity index (χ0n) is 18.1. The summed E-state index contributed by atoms with van der Waals surface area (Å²) in [5.41, 5.74) is 1.39. The van der Waals surface area contributed by atoms with Gasteiger partial charge in [-0.2, -0.15) is 0 Å². The molecule has 0 spiro atoms. The van der Waals surface area contributed by atoms with Crippen molar-refractivity contribution in [1.29, 1.82) is 0 Å². The second-order valence-corrected chi connectivity index (χ2v) is 8.00. The van der Waals surface area contributed by atoms with Crippen molar-refractivity contribution in [2.45, 2.75) is 58.9 Å². The second kappa shape index (κ2) is 11.3. The number of para-hydroxylation sites is 1. The number of nitrogens with zero attached hydrogens (tertiary/aromatic N) is 1. The van der Waals surface area contributed by atoms with Crippen LogP contribution in [0, 0.1) is 5.41 Å². The number of guanidine groups is 1. The van der Waals surface area contributed by atoms with Crippen LogP contribution in [0.1, 0.15) is 57.9 Å². The number of hydrogen-bond acceptors (Lipinski definition) is 4. The standard InChI is InChI=1S/C23H37N3O3/c1-3-24-22(26-18-23(11-5-6-12-23)13-16-27-4-2)25-17-19-9-7-10-20-21(19)29-15-8-14-28-20/h7,9-10H,3-6,8,11-18H2,1-2H3,(H2,24,25,26). The predicted molar refractivity (Wildman–Crippen MR) is 117 cm³/mol. The van der Waals surface area contributed by atoms with Crippen LogP contribution in [0.3, 0.4) is 0 Å². The van der Waals surface area contributed by atoms with E-state index in [9.17, 15) is 0 Å². The Bertz CT molecular complexity index is 657. The summed E-state index contributed by atoms with van der Waals surface area (Å²) in [6, 6.07) is 6.06. The van der Waals surface area contributed by atoms with Crippen LogP contribution in [0.25, 0.3) is 0 Å². The summed E-state index contributed by atoms with van der Waals surface area (Å²) in [5, 5.41) is 6.99. The highest BCUT2D eigenvalue weighted by molar-refractivity contribution is 5.79. The summed E-state index contributed by atoms with van der Waals surface area (Å²) in [4.78, 5) is 4.84. The molecule has 1 aliphatic carbocycles. The number of fused-ring (bicyclic) bond motifs is 1. The third-order valence-corrected chi connectivity index (χ3v) is 5.88. The molecule has 1 aliphatic heterocycles. The van der Waals surface area contributed by atoms with E-state index in [-0.39, 0.29) is 0 Å². The molecule has 2 aliphatic rings. The Morgan fingerprint density at radius 3 is 2.72 bits per heavy atom. The van der Waals surface area contributed by atoms with Crippen molar-refractivity contribution in [3.63, 3.8) is 0 Å². The molecule has 0 radical (unpaired) electrons. The fourth-order valence-corrected chi connectivity index (χ4v) is 4.23. The van der Waals surface area contributed by atoms with Gasteiger partial charge >= 0.3 is 0 Å². The van der Waals surface area contributed by atoms with E-state index < -0.39 is 0 Å². The zero-order chi connectivity index (χ0) is 20.4. The summed E-state index contributed by atoms with van der Waals surface area (Å²) < 4.78 is 17.4. The van der Waals surface area contributed by atoms with Gasteiger partial charge in [-0.3, -0.25) is 0 Å². The van der Waals surface area contributed by atoms with Crippen molar-refractivity contribution in [3.05, 3.63) is 23.8 Å². The normalized spacial score (nSPS) is 18.3. The smallest absolute Gasteiger partial charge is 0.191 e. The maximum absolute atomic E-state index is 5.94. The Balaban J connectivity index is 1.64. The summed E-state index contributed by atoms with van der Waals surface area (Å²) in [5.74, 6) is 2.53. The van der Waals surface area contributed by atoms with Gasteiger partial charge in [0.15, 0.2) is 17.5 Å². The fourth-order valence-electron chi connectivity index (χ4n) is 4.23. The SMILES string of the molecule is CCNC(=NCc1cccc2c1OCCCO2)NCC1(CCOCC)CCCC1. The zero-order valence-corrected chi connectivity index (χ0v) is 18.1. The van der Waals surface area contributed by atoms with E-state index in [2.05, 4.69) is 30.5 Å². The lowest BCUT2D eigenvalue weighted by atomic mass is 9.83. The van der Waals surface area contributed by atoms with Gasteiger partial charge in [-0.1, -0.05) is 25.0 Å². The highest BCUT2D eigenvalue weighted by Gasteiger charge is 2.33.